The Balaban J connectivity index is 1.74. The molecule has 0 spiro atoms. The number of hydrogen-bond acceptors (Lipinski definition) is 3. The second kappa shape index (κ2) is 6.39. The summed E-state index contributed by atoms with van der Waals surface area (Å²) in [5.41, 5.74) is 0. The molecule has 1 heterocycles. The molecule has 3 heteroatoms. The van der Waals surface area contributed by atoms with E-state index in [0.29, 0.717) is 6.04 Å². The van der Waals surface area contributed by atoms with E-state index in [1.54, 1.807) is 0 Å². The molecular weight excluding hydrogens is 224 g/mol. The Morgan fingerprint density at radius 1 is 1.33 bits per heavy atom. The lowest BCUT2D eigenvalue weighted by molar-refractivity contribution is 0.190. The second-order valence-electron chi connectivity index (χ2n) is 5.90. The summed E-state index contributed by atoms with van der Waals surface area (Å²) in [6.07, 6.45) is 4.24. The van der Waals surface area contributed by atoms with Gasteiger partial charge in [-0.3, -0.25) is 4.90 Å². The van der Waals surface area contributed by atoms with Crippen molar-refractivity contribution in [3.05, 3.63) is 23.7 Å². The lowest BCUT2D eigenvalue weighted by Gasteiger charge is -2.29. The Hall–Kier alpha value is -0.800. The van der Waals surface area contributed by atoms with E-state index in [9.17, 15) is 0 Å². The van der Waals surface area contributed by atoms with Crippen LogP contribution in [0.4, 0.5) is 0 Å². The highest BCUT2D eigenvalue weighted by Crippen LogP contribution is 2.27. The van der Waals surface area contributed by atoms with Gasteiger partial charge in [-0.15, -0.1) is 0 Å². The summed E-state index contributed by atoms with van der Waals surface area (Å²) in [6, 6.07) is 4.69. The Bertz CT molecular complexity index is 355. The van der Waals surface area contributed by atoms with Gasteiger partial charge in [0.15, 0.2) is 0 Å². The van der Waals surface area contributed by atoms with Crippen LogP contribution in [0.25, 0.3) is 0 Å². The summed E-state index contributed by atoms with van der Waals surface area (Å²) in [5, 5.41) is 3.37. The minimum atomic E-state index is 0.500. The van der Waals surface area contributed by atoms with Crippen molar-refractivity contribution in [2.45, 2.75) is 52.2 Å². The number of hydrogen-bond donors (Lipinski definition) is 1. The molecule has 0 aromatic carbocycles. The molecule has 1 aliphatic rings. The molecule has 0 aliphatic heterocycles. The maximum Gasteiger partial charge on any atom is 0.118 e. The topological polar surface area (TPSA) is 28.4 Å². The predicted molar refractivity (Wildman–Crippen MR) is 74.4 cm³/mol. The fourth-order valence-corrected chi connectivity index (χ4v) is 2.35. The van der Waals surface area contributed by atoms with Crippen LogP contribution in [-0.2, 0) is 13.1 Å². The van der Waals surface area contributed by atoms with Crippen LogP contribution in [0.1, 0.15) is 44.6 Å². The monoisotopic (exact) mass is 250 g/mol. The molecule has 1 fully saturated rings. The average Bonchev–Trinajstić information content (AvgIpc) is 2.68. The molecule has 0 saturated heterocycles. The third kappa shape index (κ3) is 4.14. The molecule has 0 amide bonds. The van der Waals surface area contributed by atoms with Gasteiger partial charge in [-0.2, -0.15) is 0 Å². The first kappa shape index (κ1) is 13.6. The number of furan rings is 1. The lowest BCUT2D eigenvalue weighted by atomic mass is 9.85. The summed E-state index contributed by atoms with van der Waals surface area (Å²) in [6.45, 7) is 7.26. The Kier molecular flexibility index (Phi) is 4.84. The maximum absolute atomic E-state index is 5.83. The third-order valence-corrected chi connectivity index (χ3v) is 3.62. The van der Waals surface area contributed by atoms with Gasteiger partial charge < -0.3 is 9.73 Å². The van der Waals surface area contributed by atoms with Crippen LogP contribution in [0, 0.1) is 5.92 Å². The zero-order valence-corrected chi connectivity index (χ0v) is 11.9. The highest BCUT2D eigenvalue weighted by Gasteiger charge is 2.19. The van der Waals surface area contributed by atoms with Crippen LogP contribution in [0.3, 0.4) is 0 Å². The molecule has 1 saturated carbocycles. The summed E-state index contributed by atoms with van der Waals surface area (Å²) >= 11 is 0. The quantitative estimate of drug-likeness (QED) is 0.806. The van der Waals surface area contributed by atoms with Crippen LogP contribution < -0.4 is 5.32 Å². The molecule has 1 aromatic rings. The first-order chi connectivity index (χ1) is 8.63. The molecule has 3 nitrogen and oxygen atoms in total. The number of nitrogens with one attached hydrogen (secondary N) is 1. The summed E-state index contributed by atoms with van der Waals surface area (Å²) in [4.78, 5) is 2.38. The number of rotatable bonds is 7. The SMILES string of the molecule is CC(C)NCc1ccc(CN(C)CC2CCC2)o1. The van der Waals surface area contributed by atoms with Crippen molar-refractivity contribution in [1.29, 1.82) is 0 Å². The highest BCUT2D eigenvalue weighted by atomic mass is 16.3. The van der Waals surface area contributed by atoms with Crippen LogP contribution in [0.5, 0.6) is 0 Å². The van der Waals surface area contributed by atoms with E-state index in [1.165, 1.54) is 25.8 Å². The summed E-state index contributed by atoms with van der Waals surface area (Å²) in [7, 11) is 2.19. The van der Waals surface area contributed by atoms with Gasteiger partial charge in [0.05, 0.1) is 13.1 Å². The van der Waals surface area contributed by atoms with Crippen molar-refractivity contribution in [3.8, 4) is 0 Å². The minimum absolute atomic E-state index is 0.500. The minimum Gasteiger partial charge on any atom is -0.463 e. The van der Waals surface area contributed by atoms with Crippen molar-refractivity contribution in [2.24, 2.45) is 5.92 Å². The molecule has 0 atom stereocenters. The van der Waals surface area contributed by atoms with Crippen LogP contribution in [0.15, 0.2) is 16.5 Å². The fraction of sp³-hybridized carbons (Fsp3) is 0.733. The van der Waals surface area contributed by atoms with Gasteiger partial charge in [0.25, 0.3) is 0 Å². The average molecular weight is 250 g/mol. The van der Waals surface area contributed by atoms with Gasteiger partial charge >= 0.3 is 0 Å². The van der Waals surface area contributed by atoms with E-state index < -0.39 is 0 Å². The second-order valence-corrected chi connectivity index (χ2v) is 5.90. The van der Waals surface area contributed by atoms with E-state index >= 15 is 0 Å². The van der Waals surface area contributed by atoms with Crippen molar-refractivity contribution in [1.82, 2.24) is 10.2 Å². The van der Waals surface area contributed by atoms with Gasteiger partial charge in [-0.05, 0) is 37.9 Å². The van der Waals surface area contributed by atoms with Crippen LogP contribution in [-0.4, -0.2) is 24.5 Å². The van der Waals surface area contributed by atoms with Crippen molar-refractivity contribution in [3.63, 3.8) is 0 Å². The standard InChI is InChI=1S/C15H26N2O/c1-12(2)16-9-14-7-8-15(18-14)11-17(3)10-13-5-4-6-13/h7-8,12-13,16H,4-6,9-11H2,1-3H3. The zero-order chi connectivity index (χ0) is 13.0. The van der Waals surface area contributed by atoms with Crippen molar-refractivity contribution in [2.75, 3.05) is 13.6 Å². The molecule has 1 aliphatic carbocycles. The van der Waals surface area contributed by atoms with Crippen LogP contribution >= 0.6 is 0 Å². The first-order valence-corrected chi connectivity index (χ1v) is 7.13. The molecule has 0 unspecified atom stereocenters. The van der Waals surface area contributed by atoms with Gasteiger partial charge in [0, 0.05) is 12.6 Å². The molecule has 1 N–H and O–H groups in total. The molecule has 1 aromatic heterocycles. The lowest BCUT2D eigenvalue weighted by Crippen LogP contribution is -2.28. The van der Waals surface area contributed by atoms with Gasteiger partial charge in [0.1, 0.15) is 11.5 Å². The van der Waals surface area contributed by atoms with E-state index in [1.807, 2.05) is 0 Å². The molecule has 2 rings (SSSR count). The van der Waals surface area contributed by atoms with E-state index in [2.05, 4.69) is 43.2 Å². The number of nitrogens with zero attached hydrogens (tertiary/aromatic N) is 1. The van der Waals surface area contributed by atoms with Gasteiger partial charge in [0.2, 0.25) is 0 Å². The Morgan fingerprint density at radius 3 is 2.67 bits per heavy atom. The van der Waals surface area contributed by atoms with E-state index in [4.69, 9.17) is 4.42 Å². The third-order valence-electron chi connectivity index (χ3n) is 3.62. The predicted octanol–water partition coefficient (Wildman–Crippen LogP) is 3.01. The van der Waals surface area contributed by atoms with Gasteiger partial charge in [-0.25, -0.2) is 0 Å². The van der Waals surface area contributed by atoms with E-state index in [0.717, 1.165) is 30.5 Å². The molecular formula is C15H26N2O. The van der Waals surface area contributed by atoms with Crippen LogP contribution in [0.2, 0.25) is 0 Å². The van der Waals surface area contributed by atoms with E-state index in [-0.39, 0.29) is 0 Å². The van der Waals surface area contributed by atoms with Crippen molar-refractivity contribution < 1.29 is 4.42 Å². The van der Waals surface area contributed by atoms with Crippen molar-refractivity contribution >= 4 is 0 Å². The zero-order valence-electron chi connectivity index (χ0n) is 11.9. The summed E-state index contributed by atoms with van der Waals surface area (Å²) in [5.74, 6) is 3.04. The summed E-state index contributed by atoms with van der Waals surface area (Å²) < 4.78 is 5.83. The Morgan fingerprint density at radius 2 is 2.06 bits per heavy atom. The highest BCUT2D eigenvalue weighted by molar-refractivity contribution is 5.07. The molecule has 0 bridgehead atoms. The normalized spacial score (nSPS) is 16.5. The first-order valence-electron chi connectivity index (χ1n) is 7.13. The van der Waals surface area contributed by atoms with Gasteiger partial charge in [-0.1, -0.05) is 20.3 Å². The maximum atomic E-state index is 5.83. The molecule has 0 radical (unpaired) electrons. The largest absolute Gasteiger partial charge is 0.463 e. The Labute approximate surface area is 111 Å². The molecule has 102 valence electrons. The smallest absolute Gasteiger partial charge is 0.118 e. The fourth-order valence-electron chi connectivity index (χ4n) is 2.35. The molecule has 18 heavy (non-hydrogen) atoms.